The minimum Gasteiger partial charge on any atom is -0.488 e. The first-order valence-corrected chi connectivity index (χ1v) is 6.94. The lowest BCUT2D eigenvalue weighted by molar-refractivity contribution is 0.0593. The van der Waals surface area contributed by atoms with Crippen molar-refractivity contribution in [3.8, 4) is 17.5 Å². The molecule has 2 N–H and O–H groups in total. The van der Waals surface area contributed by atoms with Gasteiger partial charge >= 0.3 is 5.97 Å². The standard InChI is InChI=1S/C16H16FN3O4/c1-22-5-6-24-13-4-3-11(7-12(13)17)20-9-10(8-18)14(19)15(20)16(21)23-2/h3-4,7,9H,5-6,19H2,1-2H3. The van der Waals surface area contributed by atoms with Crippen LogP contribution in [0.15, 0.2) is 24.4 Å². The van der Waals surface area contributed by atoms with E-state index in [0.717, 1.165) is 0 Å². The SMILES string of the molecule is COCCOc1ccc(-n2cc(C#N)c(N)c2C(=O)OC)cc1F. The van der Waals surface area contributed by atoms with Crippen LogP contribution >= 0.6 is 0 Å². The summed E-state index contributed by atoms with van der Waals surface area (Å²) in [5, 5.41) is 9.08. The van der Waals surface area contributed by atoms with Crippen molar-refractivity contribution in [1.29, 1.82) is 5.26 Å². The zero-order valence-electron chi connectivity index (χ0n) is 13.2. The summed E-state index contributed by atoms with van der Waals surface area (Å²) in [6.45, 7) is 0.530. The normalized spacial score (nSPS) is 10.2. The van der Waals surface area contributed by atoms with Gasteiger partial charge in [0.05, 0.1) is 25.0 Å². The van der Waals surface area contributed by atoms with Gasteiger partial charge in [0.15, 0.2) is 17.3 Å². The molecule has 0 bridgehead atoms. The molecule has 0 saturated heterocycles. The fourth-order valence-corrected chi connectivity index (χ4v) is 2.11. The van der Waals surface area contributed by atoms with Gasteiger partial charge in [-0.15, -0.1) is 0 Å². The van der Waals surface area contributed by atoms with E-state index in [1.807, 2.05) is 6.07 Å². The Hall–Kier alpha value is -3.05. The van der Waals surface area contributed by atoms with Crippen molar-refractivity contribution >= 4 is 11.7 Å². The molecule has 2 rings (SSSR count). The smallest absolute Gasteiger partial charge is 0.357 e. The van der Waals surface area contributed by atoms with E-state index in [1.54, 1.807) is 0 Å². The first-order valence-electron chi connectivity index (χ1n) is 6.94. The summed E-state index contributed by atoms with van der Waals surface area (Å²) in [5.74, 6) is -1.30. The maximum absolute atomic E-state index is 14.2. The molecule has 1 aromatic carbocycles. The first kappa shape index (κ1) is 17.3. The number of carbonyl (C=O) groups excluding carboxylic acids is 1. The molecule has 0 unspecified atom stereocenters. The number of nitrogens with zero attached hydrogens (tertiary/aromatic N) is 2. The summed E-state index contributed by atoms with van der Waals surface area (Å²) in [5.41, 5.74) is 6.14. The molecule has 0 aliphatic carbocycles. The summed E-state index contributed by atoms with van der Waals surface area (Å²) in [4.78, 5) is 11.9. The molecule has 7 nitrogen and oxygen atoms in total. The third kappa shape index (κ3) is 3.31. The Morgan fingerprint density at radius 2 is 2.12 bits per heavy atom. The highest BCUT2D eigenvalue weighted by Gasteiger charge is 2.22. The Labute approximate surface area is 137 Å². The van der Waals surface area contributed by atoms with Crippen molar-refractivity contribution in [2.45, 2.75) is 0 Å². The molecule has 0 spiro atoms. The van der Waals surface area contributed by atoms with Gasteiger partial charge in [-0.3, -0.25) is 0 Å². The van der Waals surface area contributed by atoms with Crippen LogP contribution in [0.5, 0.6) is 5.75 Å². The van der Waals surface area contributed by atoms with Crippen LogP contribution in [0.25, 0.3) is 5.69 Å². The number of hydrogen-bond acceptors (Lipinski definition) is 6. The second-order valence-corrected chi connectivity index (χ2v) is 4.73. The Morgan fingerprint density at radius 1 is 1.38 bits per heavy atom. The first-order chi connectivity index (χ1) is 11.5. The number of rotatable bonds is 6. The van der Waals surface area contributed by atoms with Crippen LogP contribution in [0.4, 0.5) is 10.1 Å². The molecule has 0 amide bonds. The van der Waals surface area contributed by atoms with E-state index in [4.69, 9.17) is 20.5 Å². The Kier molecular flexibility index (Phi) is 5.39. The van der Waals surface area contributed by atoms with E-state index in [1.165, 1.54) is 43.2 Å². The number of nitrogen functional groups attached to an aromatic ring is 1. The third-order valence-electron chi connectivity index (χ3n) is 3.28. The van der Waals surface area contributed by atoms with E-state index in [-0.39, 0.29) is 29.3 Å². The fourth-order valence-electron chi connectivity index (χ4n) is 2.11. The highest BCUT2D eigenvalue weighted by atomic mass is 19.1. The van der Waals surface area contributed by atoms with Crippen LogP contribution in [0.3, 0.4) is 0 Å². The van der Waals surface area contributed by atoms with E-state index in [0.29, 0.717) is 12.3 Å². The van der Waals surface area contributed by atoms with Crippen LogP contribution in [0.2, 0.25) is 0 Å². The summed E-state index contributed by atoms with van der Waals surface area (Å²) in [7, 11) is 2.71. The summed E-state index contributed by atoms with van der Waals surface area (Å²) >= 11 is 0. The van der Waals surface area contributed by atoms with Gasteiger partial charge in [-0.1, -0.05) is 0 Å². The molecule has 8 heteroatoms. The number of ether oxygens (including phenoxy) is 3. The minimum absolute atomic E-state index is 0.0230. The quantitative estimate of drug-likeness (QED) is 0.640. The van der Waals surface area contributed by atoms with E-state index < -0.39 is 11.8 Å². The van der Waals surface area contributed by atoms with Crippen molar-refractivity contribution in [2.75, 3.05) is 33.2 Å². The zero-order chi connectivity index (χ0) is 17.7. The second kappa shape index (κ2) is 7.48. The highest BCUT2D eigenvalue weighted by molar-refractivity contribution is 5.95. The van der Waals surface area contributed by atoms with Crippen LogP contribution < -0.4 is 10.5 Å². The maximum Gasteiger partial charge on any atom is 0.357 e. The molecule has 0 aliphatic rings. The van der Waals surface area contributed by atoms with Crippen molar-refractivity contribution in [1.82, 2.24) is 4.57 Å². The van der Waals surface area contributed by atoms with Crippen molar-refractivity contribution in [3.05, 3.63) is 41.5 Å². The number of methoxy groups -OCH3 is 2. The molecule has 1 heterocycles. The third-order valence-corrected chi connectivity index (χ3v) is 3.28. The molecule has 1 aromatic heterocycles. The van der Waals surface area contributed by atoms with Gasteiger partial charge < -0.3 is 24.5 Å². The fraction of sp³-hybridized carbons (Fsp3) is 0.250. The molecule has 0 saturated carbocycles. The molecule has 126 valence electrons. The van der Waals surface area contributed by atoms with Crippen LogP contribution in [-0.2, 0) is 9.47 Å². The number of carbonyl (C=O) groups is 1. The Morgan fingerprint density at radius 3 is 2.71 bits per heavy atom. The number of nitriles is 1. The summed E-state index contributed by atoms with van der Waals surface area (Å²) in [6.07, 6.45) is 1.35. The number of hydrogen-bond donors (Lipinski definition) is 1. The average Bonchev–Trinajstić information content (AvgIpc) is 2.92. The predicted octanol–water partition coefficient (Wildman–Crippen LogP) is 1.88. The predicted molar refractivity (Wildman–Crippen MR) is 83.6 cm³/mol. The number of esters is 1. The number of benzene rings is 1. The maximum atomic E-state index is 14.2. The van der Waals surface area contributed by atoms with E-state index in [9.17, 15) is 9.18 Å². The zero-order valence-corrected chi connectivity index (χ0v) is 13.2. The van der Waals surface area contributed by atoms with Crippen LogP contribution in [0, 0.1) is 17.1 Å². The lowest BCUT2D eigenvalue weighted by atomic mass is 10.2. The lowest BCUT2D eigenvalue weighted by Crippen LogP contribution is -2.11. The number of aromatic nitrogens is 1. The highest BCUT2D eigenvalue weighted by Crippen LogP contribution is 2.27. The molecule has 0 fully saturated rings. The summed E-state index contributed by atoms with van der Waals surface area (Å²) < 4.78 is 30.2. The summed E-state index contributed by atoms with van der Waals surface area (Å²) in [6, 6.07) is 6.02. The van der Waals surface area contributed by atoms with Gasteiger partial charge in [0.1, 0.15) is 12.7 Å². The van der Waals surface area contributed by atoms with Gasteiger partial charge in [-0.25, -0.2) is 9.18 Å². The number of nitrogens with two attached hydrogens (primary N) is 1. The van der Waals surface area contributed by atoms with Crippen molar-refractivity contribution in [3.63, 3.8) is 0 Å². The van der Waals surface area contributed by atoms with Crippen molar-refractivity contribution < 1.29 is 23.4 Å². The number of anilines is 1. The van der Waals surface area contributed by atoms with Gasteiger partial charge in [-0.2, -0.15) is 5.26 Å². The Bertz CT molecular complexity index is 795. The largest absolute Gasteiger partial charge is 0.488 e. The Balaban J connectivity index is 2.43. The monoisotopic (exact) mass is 333 g/mol. The van der Waals surface area contributed by atoms with Gasteiger partial charge in [0, 0.05) is 25.1 Å². The molecule has 0 atom stereocenters. The molecular weight excluding hydrogens is 317 g/mol. The van der Waals surface area contributed by atoms with Gasteiger partial charge in [-0.05, 0) is 12.1 Å². The lowest BCUT2D eigenvalue weighted by Gasteiger charge is -2.11. The average molecular weight is 333 g/mol. The van der Waals surface area contributed by atoms with Crippen LogP contribution in [-0.4, -0.2) is 38.0 Å². The molecule has 0 aliphatic heterocycles. The van der Waals surface area contributed by atoms with Gasteiger partial charge in [0.25, 0.3) is 0 Å². The van der Waals surface area contributed by atoms with E-state index in [2.05, 4.69) is 4.74 Å². The van der Waals surface area contributed by atoms with Crippen molar-refractivity contribution in [2.24, 2.45) is 0 Å². The van der Waals surface area contributed by atoms with Crippen LogP contribution in [0.1, 0.15) is 16.1 Å². The van der Waals surface area contributed by atoms with E-state index >= 15 is 0 Å². The molecule has 24 heavy (non-hydrogen) atoms. The minimum atomic E-state index is -0.727. The topological polar surface area (TPSA) is 99.5 Å². The molecular formula is C16H16FN3O4. The molecule has 2 aromatic rings. The molecule has 0 radical (unpaired) electrons. The van der Waals surface area contributed by atoms with Gasteiger partial charge in [0.2, 0.25) is 0 Å². The second-order valence-electron chi connectivity index (χ2n) is 4.73. The number of halogens is 1.